The lowest BCUT2D eigenvalue weighted by atomic mass is 10.1. The number of aryl methyl sites for hydroxylation is 1. The van der Waals surface area contributed by atoms with E-state index in [1.54, 1.807) is 7.11 Å². The molecule has 4 rings (SSSR count). The van der Waals surface area contributed by atoms with Crippen molar-refractivity contribution < 1.29 is 17.9 Å². The average Bonchev–Trinajstić information content (AvgIpc) is 3.17. The summed E-state index contributed by atoms with van der Waals surface area (Å²) >= 11 is 1.39. The van der Waals surface area contributed by atoms with Gasteiger partial charge in [-0.25, -0.2) is 8.42 Å². The van der Waals surface area contributed by atoms with E-state index in [9.17, 15) is 13.2 Å². The smallest absolute Gasteiger partial charge is 0.248 e. The molecule has 0 spiro atoms. The molecule has 0 radical (unpaired) electrons. The van der Waals surface area contributed by atoms with Crippen LogP contribution in [-0.4, -0.2) is 49.4 Å². The monoisotopic (exact) mass is 430 g/mol. The Kier molecular flexibility index (Phi) is 5.65. The highest BCUT2D eigenvalue weighted by molar-refractivity contribution is 8.16. The highest BCUT2D eigenvalue weighted by Crippen LogP contribution is 2.41. The molecule has 0 saturated carbocycles. The molecule has 0 unspecified atom stereocenters. The molecule has 0 bridgehead atoms. The maximum atomic E-state index is 12.5. The van der Waals surface area contributed by atoms with Crippen molar-refractivity contribution in [2.45, 2.75) is 24.1 Å². The van der Waals surface area contributed by atoms with Gasteiger partial charge in [0.1, 0.15) is 5.75 Å². The zero-order chi connectivity index (χ0) is 20.4. The maximum absolute atomic E-state index is 12.5. The minimum absolute atomic E-state index is 0.0686. The van der Waals surface area contributed by atoms with Gasteiger partial charge in [-0.2, -0.15) is 4.99 Å². The number of amidine groups is 1. The number of sulfone groups is 1. The quantitative estimate of drug-likeness (QED) is 0.726. The number of benzene rings is 2. The third-order valence-corrected chi connectivity index (χ3v) is 8.30. The van der Waals surface area contributed by atoms with Crippen molar-refractivity contribution in [1.29, 1.82) is 0 Å². The van der Waals surface area contributed by atoms with Crippen LogP contribution in [-0.2, 0) is 21.1 Å². The predicted octanol–water partition coefficient (Wildman–Crippen LogP) is 2.93. The Bertz CT molecular complexity index is 1040. The third kappa shape index (κ3) is 4.48. The fourth-order valence-corrected chi connectivity index (χ4v) is 7.62. The Labute approximate surface area is 174 Å². The molecule has 2 aromatic rings. The summed E-state index contributed by atoms with van der Waals surface area (Å²) in [6, 6.07) is 17.0. The largest absolute Gasteiger partial charge is 0.497 e. The van der Waals surface area contributed by atoms with Crippen LogP contribution in [0.15, 0.2) is 59.6 Å². The first-order chi connectivity index (χ1) is 13.9. The zero-order valence-corrected chi connectivity index (χ0v) is 17.7. The van der Waals surface area contributed by atoms with E-state index in [1.165, 1.54) is 11.8 Å². The number of methoxy groups -OCH3 is 1. The molecule has 152 valence electrons. The Balaban J connectivity index is 1.59. The van der Waals surface area contributed by atoms with E-state index < -0.39 is 9.84 Å². The van der Waals surface area contributed by atoms with E-state index >= 15 is 0 Å². The summed E-state index contributed by atoms with van der Waals surface area (Å²) in [7, 11) is -1.51. The SMILES string of the molecule is COc1cccc(N2C(=NC(=O)CCc3ccccc3)S[C@@H]3CS(=O)(=O)C[C@H]32)c1. The number of aliphatic imine (C=N–C) groups is 1. The molecule has 0 N–H and O–H groups in total. The van der Waals surface area contributed by atoms with Crippen LogP contribution in [0.25, 0.3) is 0 Å². The highest BCUT2D eigenvalue weighted by atomic mass is 32.2. The van der Waals surface area contributed by atoms with Crippen LogP contribution in [0.5, 0.6) is 5.75 Å². The number of hydrogen-bond donors (Lipinski definition) is 0. The van der Waals surface area contributed by atoms with Crippen molar-refractivity contribution in [2.24, 2.45) is 4.99 Å². The maximum Gasteiger partial charge on any atom is 0.248 e. The van der Waals surface area contributed by atoms with Gasteiger partial charge in [0.25, 0.3) is 0 Å². The van der Waals surface area contributed by atoms with Crippen LogP contribution in [0.3, 0.4) is 0 Å². The second-order valence-corrected chi connectivity index (χ2v) is 10.5. The van der Waals surface area contributed by atoms with E-state index in [0.717, 1.165) is 11.3 Å². The second-order valence-electron chi connectivity index (χ2n) is 7.15. The average molecular weight is 431 g/mol. The van der Waals surface area contributed by atoms with Crippen LogP contribution in [0, 0.1) is 0 Å². The number of ether oxygens (including phenoxy) is 1. The van der Waals surface area contributed by atoms with Gasteiger partial charge >= 0.3 is 0 Å². The van der Waals surface area contributed by atoms with Crippen molar-refractivity contribution in [3.63, 3.8) is 0 Å². The normalized spacial score (nSPS) is 23.9. The van der Waals surface area contributed by atoms with Gasteiger partial charge in [-0.3, -0.25) is 4.79 Å². The van der Waals surface area contributed by atoms with Crippen molar-refractivity contribution >= 4 is 38.4 Å². The summed E-state index contributed by atoms with van der Waals surface area (Å²) in [6.07, 6.45) is 0.940. The number of anilines is 1. The van der Waals surface area contributed by atoms with E-state index in [4.69, 9.17) is 4.74 Å². The molecule has 2 aliphatic heterocycles. The van der Waals surface area contributed by atoms with Crippen LogP contribution in [0.2, 0.25) is 0 Å². The molecular weight excluding hydrogens is 408 g/mol. The first-order valence-electron chi connectivity index (χ1n) is 9.41. The highest BCUT2D eigenvalue weighted by Gasteiger charge is 2.49. The Morgan fingerprint density at radius 1 is 1.17 bits per heavy atom. The lowest BCUT2D eigenvalue weighted by Crippen LogP contribution is -2.37. The van der Waals surface area contributed by atoms with Gasteiger partial charge in [0.2, 0.25) is 5.91 Å². The fraction of sp³-hybridized carbons (Fsp3) is 0.333. The van der Waals surface area contributed by atoms with Gasteiger partial charge in [0, 0.05) is 23.4 Å². The first kappa shape index (κ1) is 20.0. The minimum Gasteiger partial charge on any atom is -0.497 e. The molecule has 2 fully saturated rings. The zero-order valence-electron chi connectivity index (χ0n) is 16.0. The number of nitrogens with zero attached hydrogens (tertiary/aromatic N) is 2. The molecule has 2 atom stereocenters. The molecule has 2 aliphatic rings. The summed E-state index contributed by atoms with van der Waals surface area (Å²) in [5.41, 5.74) is 1.88. The van der Waals surface area contributed by atoms with Gasteiger partial charge < -0.3 is 9.64 Å². The summed E-state index contributed by atoms with van der Waals surface area (Å²) < 4.78 is 29.6. The number of carbonyl (C=O) groups excluding carboxylic acids is 1. The lowest BCUT2D eigenvalue weighted by molar-refractivity contribution is -0.117. The van der Waals surface area contributed by atoms with E-state index in [-0.39, 0.29) is 28.7 Å². The number of hydrogen-bond acceptors (Lipinski definition) is 5. The molecule has 0 aromatic heterocycles. The number of carbonyl (C=O) groups is 1. The van der Waals surface area contributed by atoms with Crippen molar-refractivity contribution in [3.05, 3.63) is 60.2 Å². The number of thioether (sulfide) groups is 1. The molecular formula is C21H22N2O4S2. The van der Waals surface area contributed by atoms with E-state index in [1.807, 2.05) is 59.5 Å². The van der Waals surface area contributed by atoms with Crippen molar-refractivity contribution in [1.82, 2.24) is 0 Å². The van der Waals surface area contributed by atoms with Gasteiger partial charge in [0.15, 0.2) is 15.0 Å². The second kappa shape index (κ2) is 8.20. The Morgan fingerprint density at radius 2 is 1.97 bits per heavy atom. The molecule has 2 heterocycles. The summed E-state index contributed by atoms with van der Waals surface area (Å²) in [4.78, 5) is 18.8. The summed E-state index contributed by atoms with van der Waals surface area (Å²) in [5, 5.41) is 0.452. The Hall–Kier alpha value is -2.32. The molecule has 2 saturated heterocycles. The van der Waals surface area contributed by atoms with E-state index in [2.05, 4.69) is 4.99 Å². The van der Waals surface area contributed by atoms with Gasteiger partial charge in [0.05, 0.1) is 24.7 Å². The van der Waals surface area contributed by atoms with Gasteiger partial charge in [-0.05, 0) is 24.1 Å². The molecule has 8 heteroatoms. The Morgan fingerprint density at radius 3 is 2.72 bits per heavy atom. The minimum atomic E-state index is -3.09. The number of fused-ring (bicyclic) bond motifs is 1. The van der Waals surface area contributed by atoms with Crippen LogP contribution >= 0.6 is 11.8 Å². The summed E-state index contributed by atoms with van der Waals surface area (Å²) in [5.74, 6) is 0.651. The molecule has 2 aromatic carbocycles. The van der Waals surface area contributed by atoms with Crippen molar-refractivity contribution in [2.75, 3.05) is 23.5 Å². The number of rotatable bonds is 5. The lowest BCUT2D eigenvalue weighted by Gasteiger charge is -2.24. The van der Waals surface area contributed by atoms with Gasteiger partial charge in [-0.15, -0.1) is 0 Å². The van der Waals surface area contributed by atoms with Gasteiger partial charge in [-0.1, -0.05) is 48.2 Å². The van der Waals surface area contributed by atoms with Crippen LogP contribution in [0.1, 0.15) is 12.0 Å². The van der Waals surface area contributed by atoms with E-state index in [0.29, 0.717) is 23.8 Å². The van der Waals surface area contributed by atoms with Crippen molar-refractivity contribution in [3.8, 4) is 5.75 Å². The molecule has 29 heavy (non-hydrogen) atoms. The topological polar surface area (TPSA) is 76.0 Å². The first-order valence-corrected chi connectivity index (χ1v) is 12.1. The third-order valence-electron chi connectivity index (χ3n) is 5.09. The molecule has 1 amide bonds. The molecule has 6 nitrogen and oxygen atoms in total. The number of amides is 1. The standard InChI is InChI=1S/C21H22N2O4S2/c1-27-17-9-5-8-16(12-17)23-18-13-29(25,26)14-19(18)28-21(23)22-20(24)11-10-15-6-3-2-4-7-15/h2-9,12,18-19H,10-11,13-14H2,1H3/t18-,19-/m1/s1. The van der Waals surface area contributed by atoms with Crippen LogP contribution in [0.4, 0.5) is 5.69 Å². The summed E-state index contributed by atoms with van der Waals surface area (Å²) in [6.45, 7) is 0. The van der Waals surface area contributed by atoms with Crippen LogP contribution < -0.4 is 9.64 Å². The fourth-order valence-electron chi connectivity index (χ4n) is 3.69. The predicted molar refractivity (Wildman–Crippen MR) is 116 cm³/mol. The molecule has 0 aliphatic carbocycles.